The number of carbonyl (C=O) groups is 1. The fraction of sp³-hybridized carbons (Fsp3) is 0.188. The van der Waals surface area contributed by atoms with Crippen molar-refractivity contribution in [2.24, 2.45) is 0 Å². The lowest BCUT2D eigenvalue weighted by atomic mass is 10.1. The van der Waals surface area contributed by atoms with Crippen LogP contribution in [0.5, 0.6) is 0 Å². The van der Waals surface area contributed by atoms with Gasteiger partial charge in [-0.25, -0.2) is 13.2 Å². The molecular formula is C16H16O4S. The minimum atomic E-state index is -3.26. The van der Waals surface area contributed by atoms with Crippen molar-refractivity contribution < 1.29 is 17.9 Å². The van der Waals surface area contributed by atoms with E-state index in [9.17, 15) is 13.2 Å². The highest BCUT2D eigenvalue weighted by Crippen LogP contribution is 2.19. The number of hydrogen-bond donors (Lipinski definition) is 0. The number of ether oxygens (including phenoxy) is 1. The Morgan fingerprint density at radius 2 is 1.57 bits per heavy atom. The van der Waals surface area contributed by atoms with Crippen LogP contribution >= 0.6 is 0 Å². The lowest BCUT2D eigenvalue weighted by Gasteiger charge is -2.13. The molecule has 0 spiro atoms. The van der Waals surface area contributed by atoms with Gasteiger partial charge < -0.3 is 4.74 Å². The normalized spacial score (nSPS) is 12.7. The molecule has 0 saturated carbocycles. The molecule has 2 aromatic carbocycles. The summed E-state index contributed by atoms with van der Waals surface area (Å²) in [6.45, 7) is 1.79. The van der Waals surface area contributed by atoms with Crippen molar-refractivity contribution in [2.45, 2.75) is 17.9 Å². The van der Waals surface area contributed by atoms with E-state index in [1.807, 2.05) is 30.3 Å². The molecule has 0 heterocycles. The molecule has 2 rings (SSSR count). The number of carbonyl (C=O) groups excluding carboxylic acids is 1. The van der Waals surface area contributed by atoms with Crippen molar-refractivity contribution >= 4 is 15.8 Å². The molecule has 0 unspecified atom stereocenters. The summed E-state index contributed by atoms with van der Waals surface area (Å²) >= 11 is 0. The SMILES string of the molecule is C[C@H](OC(=O)c1ccc(S(C)(=O)=O)cc1)c1ccccc1. The average Bonchev–Trinajstić information content (AvgIpc) is 2.47. The summed E-state index contributed by atoms with van der Waals surface area (Å²) in [5, 5.41) is 0. The minimum Gasteiger partial charge on any atom is -0.454 e. The Labute approximate surface area is 124 Å². The van der Waals surface area contributed by atoms with Gasteiger partial charge in [0.05, 0.1) is 10.5 Å². The highest BCUT2D eigenvalue weighted by molar-refractivity contribution is 7.90. The van der Waals surface area contributed by atoms with Crippen LogP contribution < -0.4 is 0 Å². The van der Waals surface area contributed by atoms with Gasteiger partial charge in [-0.2, -0.15) is 0 Å². The van der Waals surface area contributed by atoms with Crippen LogP contribution in [0.4, 0.5) is 0 Å². The Kier molecular flexibility index (Phi) is 4.43. The lowest BCUT2D eigenvalue weighted by molar-refractivity contribution is 0.0338. The van der Waals surface area contributed by atoms with Crippen LogP contribution in [-0.2, 0) is 14.6 Å². The van der Waals surface area contributed by atoms with E-state index >= 15 is 0 Å². The van der Waals surface area contributed by atoms with Crippen LogP contribution in [0.2, 0.25) is 0 Å². The van der Waals surface area contributed by atoms with Gasteiger partial charge >= 0.3 is 5.97 Å². The molecule has 0 radical (unpaired) electrons. The van der Waals surface area contributed by atoms with Gasteiger partial charge in [0.2, 0.25) is 0 Å². The fourth-order valence-electron chi connectivity index (χ4n) is 1.86. The molecule has 0 fully saturated rings. The predicted molar refractivity (Wildman–Crippen MR) is 79.8 cm³/mol. The Balaban J connectivity index is 2.11. The first-order valence-electron chi connectivity index (χ1n) is 6.44. The van der Waals surface area contributed by atoms with Gasteiger partial charge in [-0.1, -0.05) is 30.3 Å². The highest BCUT2D eigenvalue weighted by atomic mass is 32.2. The molecular weight excluding hydrogens is 288 g/mol. The molecule has 21 heavy (non-hydrogen) atoms. The van der Waals surface area contributed by atoms with E-state index in [1.54, 1.807) is 6.92 Å². The summed E-state index contributed by atoms with van der Waals surface area (Å²) in [5.41, 5.74) is 1.23. The van der Waals surface area contributed by atoms with Gasteiger partial charge in [0.25, 0.3) is 0 Å². The second kappa shape index (κ2) is 6.10. The van der Waals surface area contributed by atoms with Crippen LogP contribution in [0.15, 0.2) is 59.5 Å². The minimum absolute atomic E-state index is 0.176. The summed E-state index contributed by atoms with van der Waals surface area (Å²) in [4.78, 5) is 12.2. The number of benzene rings is 2. The van der Waals surface area contributed by atoms with Crippen molar-refractivity contribution in [3.8, 4) is 0 Å². The van der Waals surface area contributed by atoms with Gasteiger partial charge in [-0.3, -0.25) is 0 Å². The molecule has 5 heteroatoms. The second-order valence-electron chi connectivity index (χ2n) is 4.75. The Bertz CT molecular complexity index is 719. The fourth-order valence-corrected chi connectivity index (χ4v) is 2.49. The second-order valence-corrected chi connectivity index (χ2v) is 6.77. The summed E-state index contributed by atoms with van der Waals surface area (Å²) in [6, 6.07) is 15.1. The zero-order valence-corrected chi connectivity index (χ0v) is 12.6. The molecule has 0 bridgehead atoms. The van der Waals surface area contributed by atoms with Crippen LogP contribution in [0, 0.1) is 0 Å². The molecule has 0 aliphatic heterocycles. The van der Waals surface area contributed by atoms with E-state index in [1.165, 1.54) is 24.3 Å². The third kappa shape index (κ3) is 3.92. The number of esters is 1. The Hall–Kier alpha value is -2.14. The topological polar surface area (TPSA) is 60.4 Å². The number of hydrogen-bond acceptors (Lipinski definition) is 4. The first kappa shape index (κ1) is 15.3. The maximum Gasteiger partial charge on any atom is 0.338 e. The summed E-state index contributed by atoms with van der Waals surface area (Å²) < 4.78 is 28.1. The zero-order chi connectivity index (χ0) is 15.5. The van der Waals surface area contributed by atoms with E-state index in [0.717, 1.165) is 11.8 Å². The summed E-state index contributed by atoms with van der Waals surface area (Å²) in [6.07, 6.45) is 0.755. The van der Waals surface area contributed by atoms with E-state index < -0.39 is 15.8 Å². The van der Waals surface area contributed by atoms with Gasteiger partial charge in [0.1, 0.15) is 6.10 Å². The molecule has 4 nitrogen and oxygen atoms in total. The Morgan fingerprint density at radius 1 is 1.00 bits per heavy atom. The molecule has 110 valence electrons. The maximum absolute atomic E-state index is 12.0. The quantitative estimate of drug-likeness (QED) is 0.815. The third-order valence-corrected chi connectivity index (χ3v) is 4.20. The van der Waals surface area contributed by atoms with Crippen molar-refractivity contribution in [3.05, 3.63) is 65.7 Å². The largest absolute Gasteiger partial charge is 0.454 e. The van der Waals surface area contributed by atoms with Crippen LogP contribution in [0.3, 0.4) is 0 Å². The molecule has 2 aromatic rings. The summed E-state index contributed by atoms with van der Waals surface area (Å²) in [5.74, 6) is -0.480. The standard InChI is InChI=1S/C16H16O4S/c1-12(13-6-4-3-5-7-13)20-16(17)14-8-10-15(11-9-14)21(2,18)19/h3-12H,1-2H3/t12-/m0/s1. The first-order chi connectivity index (χ1) is 9.88. The van der Waals surface area contributed by atoms with Gasteiger partial charge in [0, 0.05) is 6.26 Å². The van der Waals surface area contributed by atoms with Crippen LogP contribution in [0.1, 0.15) is 28.9 Å². The van der Waals surface area contributed by atoms with Crippen molar-refractivity contribution in [2.75, 3.05) is 6.26 Å². The smallest absolute Gasteiger partial charge is 0.338 e. The highest BCUT2D eigenvalue weighted by Gasteiger charge is 2.14. The lowest BCUT2D eigenvalue weighted by Crippen LogP contribution is -2.09. The molecule has 0 aromatic heterocycles. The van der Waals surface area contributed by atoms with E-state index in [2.05, 4.69) is 0 Å². The molecule has 0 saturated heterocycles. The number of sulfone groups is 1. The van der Waals surface area contributed by atoms with E-state index in [0.29, 0.717) is 5.56 Å². The van der Waals surface area contributed by atoms with Crippen molar-refractivity contribution in [3.63, 3.8) is 0 Å². The zero-order valence-electron chi connectivity index (χ0n) is 11.8. The predicted octanol–water partition coefficient (Wildman–Crippen LogP) is 3.01. The van der Waals surface area contributed by atoms with Crippen LogP contribution in [-0.4, -0.2) is 20.6 Å². The first-order valence-corrected chi connectivity index (χ1v) is 8.33. The van der Waals surface area contributed by atoms with E-state index in [4.69, 9.17) is 4.74 Å². The molecule has 0 aliphatic rings. The number of rotatable bonds is 4. The van der Waals surface area contributed by atoms with Crippen molar-refractivity contribution in [1.82, 2.24) is 0 Å². The van der Waals surface area contributed by atoms with Crippen LogP contribution in [0.25, 0.3) is 0 Å². The average molecular weight is 304 g/mol. The van der Waals surface area contributed by atoms with Gasteiger partial charge in [-0.15, -0.1) is 0 Å². The van der Waals surface area contributed by atoms with Gasteiger partial charge in [-0.05, 0) is 36.8 Å². The Morgan fingerprint density at radius 3 is 2.10 bits per heavy atom. The summed E-state index contributed by atoms with van der Waals surface area (Å²) in [7, 11) is -3.26. The third-order valence-electron chi connectivity index (χ3n) is 3.07. The molecule has 0 N–H and O–H groups in total. The van der Waals surface area contributed by atoms with Crippen molar-refractivity contribution in [1.29, 1.82) is 0 Å². The maximum atomic E-state index is 12.0. The van der Waals surface area contributed by atoms with E-state index in [-0.39, 0.29) is 11.0 Å². The monoisotopic (exact) mass is 304 g/mol. The van der Waals surface area contributed by atoms with Gasteiger partial charge in [0.15, 0.2) is 9.84 Å². The molecule has 0 amide bonds. The molecule has 1 atom stereocenters. The molecule has 0 aliphatic carbocycles.